The van der Waals surface area contributed by atoms with Crippen LogP contribution in [-0.4, -0.2) is 13.2 Å². The first kappa shape index (κ1) is 10.6. The fourth-order valence-corrected chi connectivity index (χ4v) is 1.17. The summed E-state index contributed by atoms with van der Waals surface area (Å²) in [5, 5.41) is 0.801. The molecular weight excluding hydrogens is 184 g/mol. The summed E-state index contributed by atoms with van der Waals surface area (Å²) in [6.45, 7) is 4.04. The monoisotopic (exact) mass is 198 g/mol. The Balaban J connectivity index is 0.000000145. The fourth-order valence-electron chi connectivity index (χ4n) is 1.04. The largest absolute Gasteiger partial charge is 0.381 e. The van der Waals surface area contributed by atoms with E-state index in [1.807, 2.05) is 31.2 Å². The van der Waals surface area contributed by atoms with Crippen LogP contribution in [0.3, 0.4) is 0 Å². The molecule has 1 saturated heterocycles. The lowest BCUT2D eigenvalue weighted by Gasteiger charge is -1.88. The Kier molecular flexibility index (Phi) is 4.87. The predicted molar refractivity (Wildman–Crippen MR) is 56.2 cm³/mol. The molecular formula is C11H15ClO. The lowest BCUT2D eigenvalue weighted by Crippen LogP contribution is -1.74. The van der Waals surface area contributed by atoms with Gasteiger partial charge in [-0.25, -0.2) is 0 Å². The second-order valence-electron chi connectivity index (χ2n) is 3.12. The second-order valence-corrected chi connectivity index (χ2v) is 3.55. The molecule has 0 amide bonds. The molecule has 1 nitrogen and oxygen atoms in total. The summed E-state index contributed by atoms with van der Waals surface area (Å²) < 4.78 is 4.94. The quantitative estimate of drug-likeness (QED) is 0.621. The number of rotatable bonds is 0. The molecule has 0 bridgehead atoms. The number of hydrogen-bond acceptors (Lipinski definition) is 1. The molecule has 72 valence electrons. The van der Waals surface area contributed by atoms with Crippen LogP contribution in [-0.2, 0) is 4.74 Å². The minimum Gasteiger partial charge on any atom is -0.381 e. The number of halogens is 1. The highest BCUT2D eigenvalue weighted by atomic mass is 35.5. The maximum Gasteiger partial charge on any atom is 0.0466 e. The van der Waals surface area contributed by atoms with E-state index in [9.17, 15) is 0 Å². The SMILES string of the molecule is C1CCOC1.Cc1ccc(Cl)cc1. The lowest BCUT2D eigenvalue weighted by molar-refractivity contribution is 0.198. The van der Waals surface area contributed by atoms with Crippen molar-refractivity contribution in [2.75, 3.05) is 13.2 Å². The van der Waals surface area contributed by atoms with Crippen molar-refractivity contribution in [2.24, 2.45) is 0 Å². The number of aryl methyl sites for hydroxylation is 1. The van der Waals surface area contributed by atoms with Crippen LogP contribution in [0.2, 0.25) is 5.02 Å². The van der Waals surface area contributed by atoms with E-state index in [-0.39, 0.29) is 0 Å². The molecule has 13 heavy (non-hydrogen) atoms. The van der Waals surface area contributed by atoms with E-state index in [4.69, 9.17) is 16.3 Å². The Morgan fingerprint density at radius 2 is 1.62 bits per heavy atom. The van der Waals surface area contributed by atoms with Gasteiger partial charge < -0.3 is 4.74 Å². The molecule has 0 radical (unpaired) electrons. The summed E-state index contributed by atoms with van der Waals surface area (Å²) in [5.41, 5.74) is 1.24. The summed E-state index contributed by atoms with van der Waals surface area (Å²) in [6.07, 6.45) is 2.56. The van der Waals surface area contributed by atoms with E-state index >= 15 is 0 Å². The number of ether oxygens (including phenoxy) is 1. The van der Waals surface area contributed by atoms with Crippen LogP contribution in [0.4, 0.5) is 0 Å². The maximum atomic E-state index is 5.61. The smallest absolute Gasteiger partial charge is 0.0466 e. The van der Waals surface area contributed by atoms with E-state index in [2.05, 4.69) is 0 Å². The highest BCUT2D eigenvalue weighted by Crippen LogP contribution is 2.07. The number of hydrogen-bond donors (Lipinski definition) is 0. The van der Waals surface area contributed by atoms with Gasteiger partial charge in [0.2, 0.25) is 0 Å². The van der Waals surface area contributed by atoms with E-state index in [1.165, 1.54) is 18.4 Å². The van der Waals surface area contributed by atoms with E-state index in [1.54, 1.807) is 0 Å². The summed E-state index contributed by atoms with van der Waals surface area (Å²) in [4.78, 5) is 0. The van der Waals surface area contributed by atoms with Crippen LogP contribution in [0.25, 0.3) is 0 Å². The first-order valence-corrected chi connectivity index (χ1v) is 4.97. The zero-order valence-electron chi connectivity index (χ0n) is 7.92. The lowest BCUT2D eigenvalue weighted by atomic mass is 10.2. The van der Waals surface area contributed by atoms with E-state index in [0.29, 0.717) is 0 Å². The Bertz CT molecular complexity index is 198. The van der Waals surface area contributed by atoms with Crippen molar-refractivity contribution in [3.63, 3.8) is 0 Å². The third kappa shape index (κ3) is 4.91. The van der Waals surface area contributed by atoms with Gasteiger partial charge in [-0.3, -0.25) is 0 Å². The molecule has 1 aliphatic rings. The summed E-state index contributed by atoms with van der Waals surface area (Å²) in [5.74, 6) is 0. The molecule has 0 saturated carbocycles. The van der Waals surface area contributed by atoms with Crippen molar-refractivity contribution in [1.82, 2.24) is 0 Å². The Morgan fingerprint density at radius 1 is 1.08 bits per heavy atom. The summed E-state index contributed by atoms with van der Waals surface area (Å²) in [6, 6.07) is 7.75. The van der Waals surface area contributed by atoms with Crippen LogP contribution in [0.15, 0.2) is 24.3 Å². The molecule has 0 N–H and O–H groups in total. The van der Waals surface area contributed by atoms with Crippen LogP contribution in [0.5, 0.6) is 0 Å². The van der Waals surface area contributed by atoms with Crippen molar-refractivity contribution in [3.05, 3.63) is 34.9 Å². The van der Waals surface area contributed by atoms with Crippen molar-refractivity contribution >= 4 is 11.6 Å². The third-order valence-corrected chi connectivity index (χ3v) is 2.09. The van der Waals surface area contributed by atoms with Crippen LogP contribution >= 0.6 is 11.6 Å². The molecule has 1 fully saturated rings. The average molecular weight is 199 g/mol. The molecule has 2 heteroatoms. The van der Waals surface area contributed by atoms with Crippen molar-refractivity contribution in [1.29, 1.82) is 0 Å². The molecule has 1 aromatic rings. The van der Waals surface area contributed by atoms with Crippen LogP contribution < -0.4 is 0 Å². The van der Waals surface area contributed by atoms with E-state index in [0.717, 1.165) is 18.2 Å². The normalized spacial score (nSPS) is 14.9. The van der Waals surface area contributed by atoms with Gasteiger partial charge in [0.15, 0.2) is 0 Å². The molecule has 0 aromatic heterocycles. The van der Waals surface area contributed by atoms with Gasteiger partial charge in [0.1, 0.15) is 0 Å². The first-order valence-electron chi connectivity index (χ1n) is 4.59. The van der Waals surface area contributed by atoms with Crippen LogP contribution in [0, 0.1) is 6.92 Å². The van der Waals surface area contributed by atoms with Gasteiger partial charge in [-0.1, -0.05) is 29.3 Å². The molecule has 1 aromatic carbocycles. The minimum atomic E-state index is 0.801. The Labute approximate surface area is 84.7 Å². The molecule has 0 aliphatic carbocycles. The number of benzene rings is 1. The average Bonchev–Trinajstić information content (AvgIpc) is 2.68. The highest BCUT2D eigenvalue weighted by molar-refractivity contribution is 6.30. The van der Waals surface area contributed by atoms with Gasteiger partial charge in [-0.2, -0.15) is 0 Å². The zero-order chi connectivity index (χ0) is 9.52. The van der Waals surface area contributed by atoms with Crippen molar-refractivity contribution < 1.29 is 4.74 Å². The minimum absolute atomic E-state index is 0.801. The van der Waals surface area contributed by atoms with Crippen molar-refractivity contribution in [2.45, 2.75) is 19.8 Å². The van der Waals surface area contributed by atoms with Gasteiger partial charge in [-0.15, -0.1) is 0 Å². The van der Waals surface area contributed by atoms with Crippen LogP contribution in [0.1, 0.15) is 18.4 Å². The molecule has 0 spiro atoms. The standard InChI is InChI=1S/C7H7Cl.C4H8O/c1-6-2-4-7(8)5-3-6;1-2-4-5-3-1/h2-5H,1H3;1-4H2. The van der Waals surface area contributed by atoms with Crippen molar-refractivity contribution in [3.8, 4) is 0 Å². The van der Waals surface area contributed by atoms with Gasteiger partial charge in [0.25, 0.3) is 0 Å². The van der Waals surface area contributed by atoms with E-state index < -0.39 is 0 Å². The first-order chi connectivity index (χ1) is 6.29. The Hall–Kier alpha value is -0.530. The van der Waals surface area contributed by atoms with Gasteiger partial charge in [0, 0.05) is 18.2 Å². The maximum absolute atomic E-state index is 5.61. The molecule has 1 heterocycles. The highest BCUT2D eigenvalue weighted by Gasteiger charge is 1.94. The zero-order valence-corrected chi connectivity index (χ0v) is 8.68. The summed E-state index contributed by atoms with van der Waals surface area (Å²) >= 11 is 5.61. The topological polar surface area (TPSA) is 9.23 Å². The summed E-state index contributed by atoms with van der Waals surface area (Å²) in [7, 11) is 0. The van der Waals surface area contributed by atoms with Gasteiger partial charge in [0.05, 0.1) is 0 Å². The second kappa shape index (κ2) is 6.01. The van der Waals surface area contributed by atoms with Gasteiger partial charge >= 0.3 is 0 Å². The molecule has 2 rings (SSSR count). The van der Waals surface area contributed by atoms with Gasteiger partial charge in [-0.05, 0) is 31.9 Å². The fraction of sp³-hybridized carbons (Fsp3) is 0.455. The Morgan fingerprint density at radius 3 is 1.92 bits per heavy atom. The molecule has 0 unspecified atom stereocenters. The predicted octanol–water partition coefficient (Wildman–Crippen LogP) is 3.45. The molecule has 0 atom stereocenters. The molecule has 1 aliphatic heterocycles. The third-order valence-electron chi connectivity index (χ3n) is 1.84.